The fourth-order valence-corrected chi connectivity index (χ4v) is 1.33. The number of rotatable bonds is 2. The first kappa shape index (κ1) is 10.7. The number of hydrogen-bond acceptors (Lipinski definition) is 1. The fourth-order valence-electron chi connectivity index (χ4n) is 1.33. The summed E-state index contributed by atoms with van der Waals surface area (Å²) in [5, 5.41) is 0. The van der Waals surface area contributed by atoms with Crippen LogP contribution in [-0.4, -0.2) is 6.72 Å². The van der Waals surface area contributed by atoms with Crippen molar-refractivity contribution in [1.29, 1.82) is 0 Å². The molecule has 0 spiro atoms. The van der Waals surface area contributed by atoms with Gasteiger partial charge in [-0.3, -0.25) is 4.99 Å². The molecule has 0 unspecified atom stereocenters. The van der Waals surface area contributed by atoms with Crippen LogP contribution in [0.1, 0.15) is 31.9 Å². The van der Waals surface area contributed by atoms with E-state index in [1.54, 1.807) is 0 Å². The van der Waals surface area contributed by atoms with E-state index in [2.05, 4.69) is 51.2 Å². The van der Waals surface area contributed by atoms with E-state index in [4.69, 9.17) is 0 Å². The molecular weight excluding hydrogens is 170 g/mol. The lowest BCUT2D eigenvalue weighted by molar-refractivity contribution is 0.590. The molecule has 0 fully saturated rings. The van der Waals surface area contributed by atoms with Gasteiger partial charge in [0, 0.05) is 0 Å². The maximum absolute atomic E-state index is 3.94. The molecule has 1 aromatic carbocycles. The Kier molecular flexibility index (Phi) is 2.90. The average Bonchev–Trinajstić information content (AvgIpc) is 2.15. The first-order valence-corrected chi connectivity index (χ1v) is 4.72. The number of nitrogens with zero attached hydrogens (tertiary/aromatic N) is 1. The van der Waals surface area contributed by atoms with Crippen molar-refractivity contribution in [2.24, 2.45) is 4.99 Å². The first-order chi connectivity index (χ1) is 6.49. The van der Waals surface area contributed by atoms with Crippen LogP contribution in [0.25, 0.3) is 6.08 Å². The fraction of sp³-hybridized carbons (Fsp3) is 0.308. The molecular formula is C13H17N. The maximum Gasteiger partial charge on any atom is 0.0694 e. The summed E-state index contributed by atoms with van der Waals surface area (Å²) in [6, 6.07) is 6.21. The predicted molar refractivity (Wildman–Crippen MR) is 64.4 cm³/mol. The summed E-state index contributed by atoms with van der Waals surface area (Å²) in [6.45, 7) is 13.9. The summed E-state index contributed by atoms with van der Waals surface area (Å²) in [7, 11) is 0. The van der Waals surface area contributed by atoms with Crippen LogP contribution >= 0.6 is 0 Å². The van der Waals surface area contributed by atoms with Gasteiger partial charge in [-0.2, -0.15) is 0 Å². The van der Waals surface area contributed by atoms with E-state index in [0.717, 1.165) is 11.3 Å². The number of benzene rings is 1. The van der Waals surface area contributed by atoms with Crippen LogP contribution in [0.2, 0.25) is 0 Å². The molecule has 0 N–H and O–H groups in total. The van der Waals surface area contributed by atoms with E-state index in [1.165, 1.54) is 5.56 Å². The molecule has 0 amide bonds. The van der Waals surface area contributed by atoms with E-state index in [0.29, 0.717) is 0 Å². The molecule has 1 heteroatoms. The van der Waals surface area contributed by atoms with Crippen molar-refractivity contribution in [2.75, 3.05) is 0 Å². The normalized spacial score (nSPS) is 11.1. The van der Waals surface area contributed by atoms with Gasteiger partial charge in [0.2, 0.25) is 0 Å². The van der Waals surface area contributed by atoms with Crippen LogP contribution in [-0.2, 0) is 5.41 Å². The van der Waals surface area contributed by atoms with Crippen molar-refractivity contribution in [3.8, 4) is 0 Å². The summed E-state index contributed by atoms with van der Waals surface area (Å²) in [4.78, 5) is 3.94. The van der Waals surface area contributed by atoms with Gasteiger partial charge in [0.05, 0.1) is 5.69 Å². The summed E-state index contributed by atoms with van der Waals surface area (Å²) < 4.78 is 0. The van der Waals surface area contributed by atoms with Crippen molar-refractivity contribution < 1.29 is 0 Å². The highest BCUT2D eigenvalue weighted by molar-refractivity contribution is 5.66. The van der Waals surface area contributed by atoms with Gasteiger partial charge in [0.1, 0.15) is 0 Å². The molecule has 14 heavy (non-hydrogen) atoms. The molecule has 0 aromatic heterocycles. The van der Waals surface area contributed by atoms with Crippen LogP contribution in [0, 0.1) is 0 Å². The predicted octanol–water partition coefficient (Wildman–Crippen LogP) is 3.96. The second kappa shape index (κ2) is 3.79. The molecule has 1 nitrogen and oxygen atoms in total. The highest BCUT2D eigenvalue weighted by atomic mass is 14.7. The zero-order valence-electron chi connectivity index (χ0n) is 9.17. The molecule has 0 saturated heterocycles. The molecule has 0 saturated carbocycles. The zero-order valence-corrected chi connectivity index (χ0v) is 9.17. The zero-order chi connectivity index (χ0) is 10.8. The molecule has 74 valence electrons. The van der Waals surface area contributed by atoms with E-state index >= 15 is 0 Å². The molecule has 0 heterocycles. The van der Waals surface area contributed by atoms with Crippen LogP contribution in [0.4, 0.5) is 5.69 Å². The molecule has 0 aliphatic carbocycles. The minimum Gasteiger partial charge on any atom is -0.264 e. The Bertz CT molecular complexity index is 356. The molecule has 0 bridgehead atoms. The summed E-state index contributed by atoms with van der Waals surface area (Å²) in [6.07, 6.45) is 1.82. The largest absolute Gasteiger partial charge is 0.264 e. The van der Waals surface area contributed by atoms with Crippen LogP contribution in [0.15, 0.2) is 29.8 Å². The standard InChI is InChI=1S/C13H17N/c1-6-10-9-11(13(2,3)4)7-8-12(10)14-5/h6-9H,1,5H2,2-4H3. The summed E-state index contributed by atoms with van der Waals surface area (Å²) >= 11 is 0. The summed E-state index contributed by atoms with van der Waals surface area (Å²) in [5.41, 5.74) is 3.40. The van der Waals surface area contributed by atoms with Crippen molar-refractivity contribution in [3.63, 3.8) is 0 Å². The third-order valence-electron chi connectivity index (χ3n) is 2.28. The lowest BCUT2D eigenvalue weighted by Gasteiger charge is -2.19. The van der Waals surface area contributed by atoms with Gasteiger partial charge in [0.15, 0.2) is 0 Å². The minimum atomic E-state index is 0.164. The van der Waals surface area contributed by atoms with E-state index in [1.807, 2.05) is 12.1 Å². The van der Waals surface area contributed by atoms with Crippen molar-refractivity contribution in [3.05, 3.63) is 35.9 Å². The van der Waals surface area contributed by atoms with Crippen LogP contribution in [0.5, 0.6) is 0 Å². The van der Waals surface area contributed by atoms with Gasteiger partial charge in [-0.05, 0) is 35.4 Å². The quantitative estimate of drug-likeness (QED) is 0.621. The Morgan fingerprint density at radius 3 is 2.36 bits per heavy atom. The molecule has 0 radical (unpaired) electrons. The second-order valence-corrected chi connectivity index (χ2v) is 4.39. The third-order valence-corrected chi connectivity index (χ3v) is 2.28. The average molecular weight is 187 g/mol. The van der Waals surface area contributed by atoms with E-state index in [9.17, 15) is 0 Å². The van der Waals surface area contributed by atoms with E-state index < -0.39 is 0 Å². The third kappa shape index (κ3) is 2.11. The Balaban J connectivity index is 3.27. The lowest BCUT2D eigenvalue weighted by atomic mass is 9.86. The van der Waals surface area contributed by atoms with E-state index in [-0.39, 0.29) is 5.41 Å². The maximum atomic E-state index is 3.94. The van der Waals surface area contributed by atoms with Crippen LogP contribution < -0.4 is 0 Å². The van der Waals surface area contributed by atoms with Crippen molar-refractivity contribution >= 4 is 18.5 Å². The second-order valence-electron chi connectivity index (χ2n) is 4.39. The molecule has 0 aliphatic rings. The van der Waals surface area contributed by atoms with Crippen molar-refractivity contribution in [2.45, 2.75) is 26.2 Å². The number of aliphatic imine (C=N–C) groups is 1. The molecule has 1 aromatic rings. The van der Waals surface area contributed by atoms with Gasteiger partial charge >= 0.3 is 0 Å². The highest BCUT2D eigenvalue weighted by Gasteiger charge is 2.14. The monoisotopic (exact) mass is 187 g/mol. The van der Waals surface area contributed by atoms with Crippen molar-refractivity contribution in [1.82, 2.24) is 0 Å². The highest BCUT2D eigenvalue weighted by Crippen LogP contribution is 2.28. The Morgan fingerprint density at radius 1 is 1.29 bits per heavy atom. The molecule has 1 rings (SSSR count). The molecule has 0 atom stereocenters. The minimum absolute atomic E-state index is 0.164. The van der Waals surface area contributed by atoms with Gasteiger partial charge in [-0.15, -0.1) is 0 Å². The number of hydrogen-bond donors (Lipinski definition) is 0. The van der Waals surface area contributed by atoms with Crippen LogP contribution in [0.3, 0.4) is 0 Å². The lowest BCUT2D eigenvalue weighted by Crippen LogP contribution is -2.10. The Morgan fingerprint density at radius 2 is 1.93 bits per heavy atom. The Hall–Kier alpha value is -1.37. The van der Waals surface area contributed by atoms with Gasteiger partial charge in [-0.1, -0.05) is 39.5 Å². The smallest absolute Gasteiger partial charge is 0.0694 e. The Labute approximate surface area is 86.2 Å². The van der Waals surface area contributed by atoms with Gasteiger partial charge in [-0.25, -0.2) is 0 Å². The SMILES string of the molecule is C=Cc1cc(C(C)(C)C)ccc1N=C. The molecule has 0 aliphatic heterocycles. The summed E-state index contributed by atoms with van der Waals surface area (Å²) in [5.74, 6) is 0. The first-order valence-electron chi connectivity index (χ1n) is 4.72. The van der Waals surface area contributed by atoms with Gasteiger partial charge in [0.25, 0.3) is 0 Å². The van der Waals surface area contributed by atoms with Gasteiger partial charge < -0.3 is 0 Å². The topological polar surface area (TPSA) is 12.4 Å².